The monoisotopic (exact) mass is 338 g/mol. The van der Waals surface area contributed by atoms with E-state index in [-0.39, 0.29) is 0 Å². The molecule has 0 atom stereocenters. The minimum absolute atomic E-state index is 0.424. The molecule has 3 heterocycles. The molecule has 0 bridgehead atoms. The number of ether oxygens (including phenoxy) is 1. The van der Waals surface area contributed by atoms with Gasteiger partial charge in [0.15, 0.2) is 0 Å². The standard InChI is InChI=1S/C15H19ClN4O3/c16-12-11-17-2-1-13(12)18-3-5-19(6-4-18)14(21)15(22)20-7-9-23-10-8-20/h1-2,11H,3-10H2. The van der Waals surface area contributed by atoms with Crippen molar-refractivity contribution in [3.8, 4) is 0 Å². The van der Waals surface area contributed by atoms with Gasteiger partial charge in [0.25, 0.3) is 0 Å². The third-order valence-corrected chi connectivity index (χ3v) is 4.43. The molecular formula is C15H19ClN4O3. The van der Waals surface area contributed by atoms with Crippen molar-refractivity contribution in [3.63, 3.8) is 0 Å². The number of rotatable bonds is 1. The maximum atomic E-state index is 12.3. The zero-order valence-corrected chi connectivity index (χ0v) is 13.5. The van der Waals surface area contributed by atoms with Crippen LogP contribution < -0.4 is 4.90 Å². The predicted octanol–water partition coefficient (Wildman–Crippen LogP) is 0.242. The first-order valence-electron chi connectivity index (χ1n) is 7.67. The van der Waals surface area contributed by atoms with Gasteiger partial charge in [-0.15, -0.1) is 0 Å². The Morgan fingerprint density at radius 3 is 2.22 bits per heavy atom. The van der Waals surface area contributed by atoms with Crippen LogP contribution in [0.2, 0.25) is 5.02 Å². The molecule has 2 saturated heterocycles. The van der Waals surface area contributed by atoms with E-state index in [1.807, 2.05) is 6.07 Å². The van der Waals surface area contributed by atoms with E-state index < -0.39 is 11.8 Å². The van der Waals surface area contributed by atoms with Crippen molar-refractivity contribution >= 4 is 29.1 Å². The molecule has 2 aliphatic rings. The number of aromatic nitrogens is 1. The van der Waals surface area contributed by atoms with Crippen molar-refractivity contribution in [2.45, 2.75) is 0 Å². The minimum Gasteiger partial charge on any atom is -0.378 e. The molecule has 0 aliphatic carbocycles. The minimum atomic E-state index is -0.427. The van der Waals surface area contributed by atoms with Crippen molar-refractivity contribution in [2.75, 3.05) is 57.4 Å². The highest BCUT2D eigenvalue weighted by Crippen LogP contribution is 2.25. The quantitative estimate of drug-likeness (QED) is 0.686. The third-order valence-electron chi connectivity index (χ3n) is 4.14. The molecule has 23 heavy (non-hydrogen) atoms. The molecule has 2 fully saturated rings. The topological polar surface area (TPSA) is 66.0 Å². The number of carbonyl (C=O) groups excluding carboxylic acids is 2. The van der Waals surface area contributed by atoms with Crippen molar-refractivity contribution in [1.29, 1.82) is 0 Å². The zero-order valence-electron chi connectivity index (χ0n) is 12.8. The fraction of sp³-hybridized carbons (Fsp3) is 0.533. The number of amides is 2. The normalized spacial score (nSPS) is 18.9. The molecule has 0 saturated carbocycles. The van der Waals surface area contributed by atoms with E-state index in [1.54, 1.807) is 22.2 Å². The summed E-state index contributed by atoms with van der Waals surface area (Å²) in [6, 6.07) is 1.86. The van der Waals surface area contributed by atoms with E-state index >= 15 is 0 Å². The molecule has 0 aromatic carbocycles. The number of hydrogen-bond donors (Lipinski definition) is 0. The first-order valence-corrected chi connectivity index (χ1v) is 8.05. The molecule has 1 aromatic heterocycles. The molecule has 2 amide bonds. The number of halogens is 1. The average molecular weight is 339 g/mol. The highest BCUT2D eigenvalue weighted by molar-refractivity contribution is 6.35. The van der Waals surface area contributed by atoms with Gasteiger partial charge in [-0.25, -0.2) is 0 Å². The lowest BCUT2D eigenvalue weighted by molar-refractivity contribution is -0.154. The smallest absolute Gasteiger partial charge is 0.312 e. The summed E-state index contributed by atoms with van der Waals surface area (Å²) in [6.07, 6.45) is 3.30. The maximum absolute atomic E-state index is 12.3. The molecule has 3 rings (SSSR count). The third kappa shape index (κ3) is 3.56. The lowest BCUT2D eigenvalue weighted by atomic mass is 10.2. The number of morpholine rings is 1. The van der Waals surface area contributed by atoms with Crippen molar-refractivity contribution < 1.29 is 14.3 Å². The van der Waals surface area contributed by atoms with Gasteiger partial charge in [0.2, 0.25) is 0 Å². The van der Waals surface area contributed by atoms with Crippen LogP contribution in [0.15, 0.2) is 18.5 Å². The second kappa shape index (κ2) is 7.14. The number of piperazine rings is 1. The molecule has 0 spiro atoms. The number of anilines is 1. The number of nitrogens with zero attached hydrogens (tertiary/aromatic N) is 4. The largest absolute Gasteiger partial charge is 0.378 e. The summed E-state index contributed by atoms with van der Waals surface area (Å²) in [5.41, 5.74) is 0.910. The fourth-order valence-corrected chi connectivity index (χ4v) is 3.05. The molecule has 0 radical (unpaired) electrons. The Morgan fingerprint density at radius 2 is 1.61 bits per heavy atom. The Kier molecular flexibility index (Phi) is 4.97. The SMILES string of the molecule is O=C(C(=O)N1CCN(c2ccncc2Cl)CC1)N1CCOCC1. The molecule has 0 N–H and O–H groups in total. The Balaban J connectivity index is 1.57. The van der Waals surface area contributed by atoms with Gasteiger partial charge in [-0.05, 0) is 6.07 Å². The Bertz CT molecular complexity index is 584. The lowest BCUT2D eigenvalue weighted by Gasteiger charge is -2.37. The van der Waals surface area contributed by atoms with E-state index in [9.17, 15) is 9.59 Å². The van der Waals surface area contributed by atoms with E-state index in [4.69, 9.17) is 16.3 Å². The summed E-state index contributed by atoms with van der Waals surface area (Å²) in [6.45, 7) is 4.26. The van der Waals surface area contributed by atoms with Crippen LogP contribution in [0.4, 0.5) is 5.69 Å². The summed E-state index contributed by atoms with van der Waals surface area (Å²) in [5.74, 6) is -0.851. The summed E-state index contributed by atoms with van der Waals surface area (Å²) in [4.78, 5) is 33.8. The van der Waals surface area contributed by atoms with E-state index in [1.165, 1.54) is 0 Å². The van der Waals surface area contributed by atoms with E-state index in [0.29, 0.717) is 57.5 Å². The average Bonchev–Trinajstić information content (AvgIpc) is 2.62. The molecule has 8 heteroatoms. The Labute approximate surface area is 139 Å². The maximum Gasteiger partial charge on any atom is 0.312 e. The van der Waals surface area contributed by atoms with Crippen molar-refractivity contribution in [3.05, 3.63) is 23.5 Å². The molecular weight excluding hydrogens is 320 g/mol. The number of carbonyl (C=O) groups is 2. The number of pyridine rings is 1. The van der Waals surface area contributed by atoms with Gasteiger partial charge in [0.1, 0.15) is 0 Å². The molecule has 2 aliphatic heterocycles. The molecule has 124 valence electrons. The molecule has 0 unspecified atom stereocenters. The summed E-state index contributed by atoms with van der Waals surface area (Å²) in [7, 11) is 0. The summed E-state index contributed by atoms with van der Waals surface area (Å²) >= 11 is 6.15. The Hall–Kier alpha value is -1.86. The second-order valence-electron chi connectivity index (χ2n) is 5.51. The van der Waals surface area contributed by atoms with Gasteiger partial charge in [0.05, 0.1) is 23.9 Å². The van der Waals surface area contributed by atoms with Crippen LogP contribution in [0.25, 0.3) is 0 Å². The highest BCUT2D eigenvalue weighted by atomic mass is 35.5. The molecule has 7 nitrogen and oxygen atoms in total. The summed E-state index contributed by atoms with van der Waals surface area (Å²) < 4.78 is 5.21. The highest BCUT2D eigenvalue weighted by Gasteiger charge is 2.30. The van der Waals surface area contributed by atoms with Crippen LogP contribution in [0.5, 0.6) is 0 Å². The van der Waals surface area contributed by atoms with Gasteiger partial charge >= 0.3 is 11.8 Å². The van der Waals surface area contributed by atoms with E-state index in [2.05, 4.69) is 9.88 Å². The Morgan fingerprint density at radius 1 is 1.00 bits per heavy atom. The van der Waals surface area contributed by atoms with Crippen molar-refractivity contribution in [2.24, 2.45) is 0 Å². The van der Waals surface area contributed by atoms with Crippen LogP contribution in [0, 0.1) is 0 Å². The van der Waals surface area contributed by atoms with Crippen LogP contribution >= 0.6 is 11.6 Å². The number of hydrogen-bond acceptors (Lipinski definition) is 5. The predicted molar refractivity (Wildman–Crippen MR) is 85.4 cm³/mol. The van der Waals surface area contributed by atoms with Crippen LogP contribution in [-0.2, 0) is 14.3 Å². The first-order chi connectivity index (χ1) is 11.2. The second-order valence-corrected chi connectivity index (χ2v) is 5.92. The molecule has 1 aromatic rings. The van der Waals surface area contributed by atoms with Crippen LogP contribution in [-0.4, -0.2) is 79.1 Å². The van der Waals surface area contributed by atoms with Crippen LogP contribution in [0.1, 0.15) is 0 Å². The van der Waals surface area contributed by atoms with Gasteiger partial charge < -0.3 is 19.4 Å². The fourth-order valence-electron chi connectivity index (χ4n) is 2.81. The summed E-state index contributed by atoms with van der Waals surface area (Å²) in [5, 5.41) is 0.594. The van der Waals surface area contributed by atoms with Crippen molar-refractivity contribution in [1.82, 2.24) is 14.8 Å². The van der Waals surface area contributed by atoms with E-state index in [0.717, 1.165) is 5.69 Å². The van der Waals surface area contributed by atoms with Gasteiger partial charge in [-0.3, -0.25) is 14.6 Å². The van der Waals surface area contributed by atoms with Crippen LogP contribution in [0.3, 0.4) is 0 Å². The van der Waals surface area contributed by atoms with Gasteiger partial charge in [-0.2, -0.15) is 0 Å². The van der Waals surface area contributed by atoms with Gasteiger partial charge in [-0.1, -0.05) is 11.6 Å². The lowest BCUT2D eigenvalue weighted by Crippen LogP contribution is -2.54. The van der Waals surface area contributed by atoms with Gasteiger partial charge in [0, 0.05) is 51.7 Å². The first kappa shape index (κ1) is 16.0. The zero-order chi connectivity index (χ0) is 16.2.